The Morgan fingerprint density at radius 3 is 2.57 bits per heavy atom. The molecule has 3 rings (SSSR count). The maximum absolute atomic E-state index is 12.6. The second-order valence-corrected chi connectivity index (χ2v) is 6.25. The number of ketones is 1. The van der Waals surface area contributed by atoms with Gasteiger partial charge < -0.3 is 0 Å². The van der Waals surface area contributed by atoms with Crippen molar-refractivity contribution in [1.29, 1.82) is 0 Å². The maximum atomic E-state index is 12.6. The summed E-state index contributed by atoms with van der Waals surface area (Å²) >= 11 is 0. The standard InChI is InChI=1S/C17H19NO3/c1-10-6-7-14-15(8-10)17(21)18(16(14)20)13-5-3-4-12(9-13)11(2)19/h3-5,9-10,14-15H,6-8H2,1-2H3/t10-,14-,15-/m0/s1. The lowest BCUT2D eigenvalue weighted by Crippen LogP contribution is -2.31. The second-order valence-electron chi connectivity index (χ2n) is 6.25. The van der Waals surface area contributed by atoms with E-state index in [4.69, 9.17) is 0 Å². The topological polar surface area (TPSA) is 54.5 Å². The molecule has 0 aromatic heterocycles. The van der Waals surface area contributed by atoms with E-state index < -0.39 is 0 Å². The van der Waals surface area contributed by atoms with Crippen molar-refractivity contribution in [2.45, 2.75) is 33.1 Å². The van der Waals surface area contributed by atoms with Gasteiger partial charge in [0.05, 0.1) is 17.5 Å². The first-order valence-corrected chi connectivity index (χ1v) is 7.48. The van der Waals surface area contributed by atoms with Crippen LogP contribution in [0.1, 0.15) is 43.5 Å². The van der Waals surface area contributed by atoms with Crippen molar-refractivity contribution in [3.05, 3.63) is 29.8 Å². The van der Waals surface area contributed by atoms with Crippen molar-refractivity contribution < 1.29 is 14.4 Å². The van der Waals surface area contributed by atoms with E-state index in [1.165, 1.54) is 11.8 Å². The van der Waals surface area contributed by atoms with Crippen molar-refractivity contribution in [1.82, 2.24) is 0 Å². The molecule has 1 saturated carbocycles. The third-order valence-electron chi connectivity index (χ3n) is 4.70. The zero-order valence-corrected chi connectivity index (χ0v) is 12.3. The van der Waals surface area contributed by atoms with Crippen LogP contribution in [0.15, 0.2) is 24.3 Å². The summed E-state index contributed by atoms with van der Waals surface area (Å²) in [5.41, 5.74) is 1.05. The summed E-state index contributed by atoms with van der Waals surface area (Å²) < 4.78 is 0. The van der Waals surface area contributed by atoms with Crippen molar-refractivity contribution in [2.24, 2.45) is 17.8 Å². The lowest BCUT2D eigenvalue weighted by molar-refractivity contribution is -0.122. The smallest absolute Gasteiger partial charge is 0.237 e. The molecule has 3 atom stereocenters. The molecule has 0 bridgehead atoms. The molecule has 1 aliphatic carbocycles. The Bertz CT molecular complexity index is 622. The average Bonchev–Trinajstić information content (AvgIpc) is 2.70. The molecule has 1 heterocycles. The summed E-state index contributed by atoms with van der Waals surface area (Å²) in [5.74, 6) is -0.125. The van der Waals surface area contributed by atoms with Crippen LogP contribution in [0.25, 0.3) is 0 Å². The summed E-state index contributed by atoms with van der Waals surface area (Å²) in [5, 5.41) is 0. The van der Waals surface area contributed by atoms with Crippen molar-refractivity contribution in [2.75, 3.05) is 4.90 Å². The van der Waals surface area contributed by atoms with Crippen molar-refractivity contribution >= 4 is 23.3 Å². The van der Waals surface area contributed by atoms with E-state index in [0.717, 1.165) is 19.3 Å². The van der Waals surface area contributed by atoms with E-state index in [1.807, 2.05) is 0 Å². The molecule has 2 amide bonds. The van der Waals surface area contributed by atoms with Crippen LogP contribution in [0.4, 0.5) is 5.69 Å². The van der Waals surface area contributed by atoms with Crippen LogP contribution in [0.3, 0.4) is 0 Å². The number of carbonyl (C=O) groups is 3. The number of imide groups is 1. The predicted molar refractivity (Wildman–Crippen MR) is 78.9 cm³/mol. The van der Waals surface area contributed by atoms with Gasteiger partial charge in [0, 0.05) is 5.56 Å². The molecule has 2 aliphatic rings. The van der Waals surface area contributed by atoms with Gasteiger partial charge in [0.25, 0.3) is 0 Å². The third-order valence-corrected chi connectivity index (χ3v) is 4.70. The molecule has 1 aliphatic heterocycles. The highest BCUT2D eigenvalue weighted by Crippen LogP contribution is 2.42. The number of amides is 2. The number of hydrogen-bond acceptors (Lipinski definition) is 3. The third kappa shape index (κ3) is 2.28. The average molecular weight is 285 g/mol. The van der Waals surface area contributed by atoms with Crippen LogP contribution < -0.4 is 4.90 Å². The van der Waals surface area contributed by atoms with Crippen molar-refractivity contribution in [3.8, 4) is 0 Å². The summed E-state index contributed by atoms with van der Waals surface area (Å²) in [6, 6.07) is 6.78. The van der Waals surface area contributed by atoms with Gasteiger partial charge in [-0.1, -0.05) is 19.1 Å². The Kier molecular flexibility index (Phi) is 3.40. The van der Waals surface area contributed by atoms with Gasteiger partial charge in [-0.15, -0.1) is 0 Å². The number of nitrogens with zero attached hydrogens (tertiary/aromatic N) is 1. The number of fused-ring (bicyclic) bond motifs is 1. The van der Waals surface area contributed by atoms with Crippen LogP contribution in [-0.4, -0.2) is 17.6 Å². The van der Waals surface area contributed by atoms with Crippen LogP contribution >= 0.6 is 0 Å². The van der Waals surface area contributed by atoms with E-state index >= 15 is 0 Å². The van der Waals surface area contributed by atoms with Crippen molar-refractivity contribution in [3.63, 3.8) is 0 Å². The zero-order chi connectivity index (χ0) is 15.1. The minimum atomic E-state index is -0.178. The quantitative estimate of drug-likeness (QED) is 0.620. The highest BCUT2D eigenvalue weighted by Gasteiger charge is 2.49. The normalized spacial score (nSPS) is 28.7. The molecule has 1 aromatic carbocycles. The van der Waals surface area contributed by atoms with Gasteiger partial charge in [-0.25, -0.2) is 0 Å². The molecule has 0 spiro atoms. The lowest BCUT2D eigenvalue weighted by atomic mass is 9.76. The molecule has 4 heteroatoms. The molecule has 4 nitrogen and oxygen atoms in total. The summed E-state index contributed by atoms with van der Waals surface area (Å²) in [7, 11) is 0. The predicted octanol–water partition coefficient (Wildman–Crippen LogP) is 2.81. The number of anilines is 1. The number of Topliss-reactive ketones (excluding diaryl/α,β-unsaturated/α-hetero) is 1. The molecule has 110 valence electrons. The van der Waals surface area contributed by atoms with E-state index in [1.54, 1.807) is 24.3 Å². The minimum Gasteiger partial charge on any atom is -0.295 e. The fourth-order valence-electron chi connectivity index (χ4n) is 3.51. The monoisotopic (exact) mass is 285 g/mol. The molecule has 21 heavy (non-hydrogen) atoms. The molecule has 0 radical (unpaired) electrons. The number of benzene rings is 1. The summed E-state index contributed by atoms with van der Waals surface area (Å²) in [6.07, 6.45) is 2.58. The summed E-state index contributed by atoms with van der Waals surface area (Å²) in [4.78, 5) is 37.9. The van der Waals surface area contributed by atoms with Crippen LogP contribution in [-0.2, 0) is 9.59 Å². The van der Waals surface area contributed by atoms with Gasteiger partial charge in [-0.3, -0.25) is 19.3 Å². The first-order chi connectivity index (χ1) is 9.99. The molecular formula is C17H19NO3. The molecule has 0 N–H and O–H groups in total. The van der Waals surface area contributed by atoms with E-state index in [-0.39, 0.29) is 29.4 Å². The highest BCUT2D eigenvalue weighted by molar-refractivity contribution is 6.22. The van der Waals surface area contributed by atoms with Gasteiger partial charge in [-0.05, 0) is 44.2 Å². The maximum Gasteiger partial charge on any atom is 0.237 e. The molecule has 0 unspecified atom stereocenters. The highest BCUT2D eigenvalue weighted by atomic mass is 16.2. The Morgan fingerprint density at radius 2 is 1.86 bits per heavy atom. The fourth-order valence-corrected chi connectivity index (χ4v) is 3.51. The zero-order valence-electron chi connectivity index (χ0n) is 12.3. The lowest BCUT2D eigenvalue weighted by Gasteiger charge is -2.25. The second kappa shape index (κ2) is 5.10. The number of carbonyl (C=O) groups excluding carboxylic acids is 3. The van der Waals surface area contributed by atoms with E-state index in [9.17, 15) is 14.4 Å². The first-order valence-electron chi connectivity index (χ1n) is 7.48. The van der Waals surface area contributed by atoms with Gasteiger partial charge >= 0.3 is 0 Å². The van der Waals surface area contributed by atoms with Gasteiger partial charge in [-0.2, -0.15) is 0 Å². The van der Waals surface area contributed by atoms with E-state index in [2.05, 4.69) is 6.92 Å². The van der Waals surface area contributed by atoms with Gasteiger partial charge in [0.2, 0.25) is 11.8 Å². The van der Waals surface area contributed by atoms with Crippen LogP contribution in [0.5, 0.6) is 0 Å². The van der Waals surface area contributed by atoms with Gasteiger partial charge in [0.15, 0.2) is 5.78 Å². The molecule has 1 saturated heterocycles. The Hall–Kier alpha value is -1.97. The van der Waals surface area contributed by atoms with E-state index in [0.29, 0.717) is 17.2 Å². The Balaban J connectivity index is 1.95. The number of hydrogen-bond donors (Lipinski definition) is 0. The van der Waals surface area contributed by atoms with Gasteiger partial charge in [0.1, 0.15) is 0 Å². The van der Waals surface area contributed by atoms with Crippen LogP contribution in [0.2, 0.25) is 0 Å². The fraction of sp³-hybridized carbons (Fsp3) is 0.471. The Morgan fingerprint density at radius 1 is 1.14 bits per heavy atom. The minimum absolute atomic E-state index is 0.0676. The largest absolute Gasteiger partial charge is 0.295 e. The van der Waals surface area contributed by atoms with Crippen LogP contribution in [0, 0.1) is 17.8 Å². The molecular weight excluding hydrogens is 266 g/mol. The molecule has 1 aromatic rings. The SMILES string of the molecule is CC(=O)c1cccc(N2C(=O)[C@H]3CC[C@H](C)C[C@@H]3C2=O)c1. The first kappa shape index (κ1) is 14.0. The summed E-state index contributed by atoms with van der Waals surface area (Å²) in [6.45, 7) is 3.61. The Labute approximate surface area is 124 Å². The molecule has 2 fully saturated rings. The number of rotatable bonds is 2.